The molecule has 1 fully saturated rings. The SMILES string of the molecule is CCC(=O)N(Cc1ccc(Cl)cc1)[C@@H](C)C(=O)NCCN1CCOCC1. The second-order valence-corrected chi connectivity index (χ2v) is 6.86. The molecular weight excluding hydrogens is 354 g/mol. The van der Waals surface area contributed by atoms with E-state index >= 15 is 0 Å². The Kier molecular flexibility index (Phi) is 8.35. The van der Waals surface area contributed by atoms with E-state index in [9.17, 15) is 9.59 Å². The number of hydrogen-bond donors (Lipinski definition) is 1. The lowest BCUT2D eigenvalue weighted by Crippen LogP contribution is -2.49. The Hall–Kier alpha value is -1.63. The van der Waals surface area contributed by atoms with Gasteiger partial charge in [0.15, 0.2) is 0 Å². The molecule has 6 nitrogen and oxygen atoms in total. The van der Waals surface area contributed by atoms with Crippen molar-refractivity contribution in [2.75, 3.05) is 39.4 Å². The topological polar surface area (TPSA) is 61.9 Å². The van der Waals surface area contributed by atoms with Gasteiger partial charge in [0.1, 0.15) is 6.04 Å². The number of nitrogens with zero attached hydrogens (tertiary/aromatic N) is 2. The largest absolute Gasteiger partial charge is 0.379 e. The van der Waals surface area contributed by atoms with Gasteiger partial charge in [-0.3, -0.25) is 14.5 Å². The number of carbonyl (C=O) groups excluding carboxylic acids is 2. The zero-order valence-corrected chi connectivity index (χ0v) is 16.3. The quantitative estimate of drug-likeness (QED) is 0.747. The van der Waals surface area contributed by atoms with Crippen molar-refractivity contribution in [3.05, 3.63) is 34.9 Å². The first-order valence-corrected chi connectivity index (χ1v) is 9.50. The van der Waals surface area contributed by atoms with Gasteiger partial charge < -0.3 is 15.0 Å². The fraction of sp³-hybridized carbons (Fsp3) is 0.579. The molecule has 26 heavy (non-hydrogen) atoms. The highest BCUT2D eigenvalue weighted by Gasteiger charge is 2.25. The van der Waals surface area contributed by atoms with Crippen molar-refractivity contribution in [3.63, 3.8) is 0 Å². The molecule has 0 aromatic heterocycles. The summed E-state index contributed by atoms with van der Waals surface area (Å²) >= 11 is 5.92. The average Bonchev–Trinajstić information content (AvgIpc) is 2.67. The molecular formula is C19H28ClN3O3. The Labute approximate surface area is 160 Å². The molecule has 2 rings (SSSR count). The summed E-state index contributed by atoms with van der Waals surface area (Å²) in [6.07, 6.45) is 0.360. The van der Waals surface area contributed by atoms with E-state index in [-0.39, 0.29) is 11.8 Å². The molecule has 0 unspecified atom stereocenters. The minimum atomic E-state index is -0.525. The molecule has 0 spiro atoms. The molecule has 0 radical (unpaired) electrons. The van der Waals surface area contributed by atoms with Gasteiger partial charge >= 0.3 is 0 Å². The van der Waals surface area contributed by atoms with Crippen LogP contribution in [0.3, 0.4) is 0 Å². The lowest BCUT2D eigenvalue weighted by atomic mass is 10.1. The number of benzene rings is 1. The van der Waals surface area contributed by atoms with Crippen molar-refractivity contribution >= 4 is 23.4 Å². The predicted molar refractivity (Wildman–Crippen MR) is 102 cm³/mol. The molecule has 1 aromatic carbocycles. The van der Waals surface area contributed by atoms with E-state index in [0.717, 1.165) is 38.4 Å². The summed E-state index contributed by atoms with van der Waals surface area (Å²) in [5.74, 6) is -0.176. The van der Waals surface area contributed by atoms with Crippen LogP contribution in [0.5, 0.6) is 0 Å². The fourth-order valence-corrected chi connectivity index (χ4v) is 3.01. The highest BCUT2D eigenvalue weighted by molar-refractivity contribution is 6.30. The normalized spacial score (nSPS) is 16.1. The Morgan fingerprint density at radius 3 is 2.54 bits per heavy atom. The highest BCUT2D eigenvalue weighted by Crippen LogP contribution is 2.14. The molecule has 1 saturated heterocycles. The second-order valence-electron chi connectivity index (χ2n) is 6.42. The molecule has 144 valence electrons. The molecule has 1 N–H and O–H groups in total. The van der Waals surface area contributed by atoms with E-state index in [0.29, 0.717) is 24.5 Å². The van der Waals surface area contributed by atoms with Crippen LogP contribution in [0, 0.1) is 0 Å². The molecule has 1 heterocycles. The highest BCUT2D eigenvalue weighted by atomic mass is 35.5. The van der Waals surface area contributed by atoms with E-state index in [1.807, 2.05) is 12.1 Å². The number of rotatable bonds is 8. The summed E-state index contributed by atoms with van der Waals surface area (Å²) in [6.45, 7) is 8.59. The summed E-state index contributed by atoms with van der Waals surface area (Å²) in [6, 6.07) is 6.81. The number of ether oxygens (including phenoxy) is 1. The molecule has 0 aliphatic carbocycles. The smallest absolute Gasteiger partial charge is 0.242 e. The molecule has 0 saturated carbocycles. The van der Waals surface area contributed by atoms with Crippen LogP contribution >= 0.6 is 11.6 Å². The van der Waals surface area contributed by atoms with Crippen molar-refractivity contribution in [2.24, 2.45) is 0 Å². The lowest BCUT2D eigenvalue weighted by molar-refractivity contribution is -0.140. The van der Waals surface area contributed by atoms with Crippen LogP contribution in [0.1, 0.15) is 25.8 Å². The van der Waals surface area contributed by atoms with Crippen LogP contribution in [0.4, 0.5) is 0 Å². The van der Waals surface area contributed by atoms with Gasteiger partial charge in [0.25, 0.3) is 0 Å². The molecule has 1 aliphatic rings. The third kappa shape index (κ3) is 6.27. The zero-order chi connectivity index (χ0) is 18.9. The Morgan fingerprint density at radius 1 is 1.27 bits per heavy atom. The maximum Gasteiger partial charge on any atom is 0.242 e. The summed E-state index contributed by atoms with van der Waals surface area (Å²) < 4.78 is 5.32. The maximum atomic E-state index is 12.5. The molecule has 7 heteroatoms. The Morgan fingerprint density at radius 2 is 1.92 bits per heavy atom. The van der Waals surface area contributed by atoms with Gasteiger partial charge in [-0.25, -0.2) is 0 Å². The lowest BCUT2D eigenvalue weighted by Gasteiger charge is -2.29. The van der Waals surface area contributed by atoms with Crippen molar-refractivity contribution in [3.8, 4) is 0 Å². The van der Waals surface area contributed by atoms with Crippen LogP contribution in [-0.4, -0.2) is 67.0 Å². The van der Waals surface area contributed by atoms with E-state index in [1.54, 1.807) is 30.9 Å². The van der Waals surface area contributed by atoms with Crippen LogP contribution in [0.15, 0.2) is 24.3 Å². The van der Waals surface area contributed by atoms with Gasteiger partial charge in [0.2, 0.25) is 11.8 Å². The fourth-order valence-electron chi connectivity index (χ4n) is 2.88. The third-order valence-corrected chi connectivity index (χ3v) is 4.82. The van der Waals surface area contributed by atoms with Crippen molar-refractivity contribution in [1.82, 2.24) is 15.1 Å². The van der Waals surface area contributed by atoms with Crippen LogP contribution in [0.25, 0.3) is 0 Å². The Bertz CT molecular complexity index is 588. The number of carbonyl (C=O) groups is 2. The molecule has 1 aliphatic heterocycles. The van der Waals surface area contributed by atoms with Crippen LogP contribution in [-0.2, 0) is 20.9 Å². The third-order valence-electron chi connectivity index (χ3n) is 4.57. The van der Waals surface area contributed by atoms with Crippen LogP contribution < -0.4 is 5.32 Å². The summed E-state index contributed by atoms with van der Waals surface area (Å²) in [5.41, 5.74) is 0.948. The van der Waals surface area contributed by atoms with E-state index in [1.165, 1.54) is 0 Å². The Balaban J connectivity index is 1.89. The zero-order valence-electron chi connectivity index (χ0n) is 15.5. The van der Waals surface area contributed by atoms with E-state index < -0.39 is 6.04 Å². The first kappa shape index (κ1) is 20.7. The van der Waals surface area contributed by atoms with Gasteiger partial charge in [-0.1, -0.05) is 30.7 Å². The van der Waals surface area contributed by atoms with Crippen LogP contribution in [0.2, 0.25) is 5.02 Å². The van der Waals surface area contributed by atoms with Crippen molar-refractivity contribution in [1.29, 1.82) is 0 Å². The molecule has 0 bridgehead atoms. The standard InChI is InChI=1S/C19H28ClN3O3/c1-3-18(24)23(14-16-4-6-17(20)7-5-16)15(2)19(25)21-8-9-22-10-12-26-13-11-22/h4-7,15H,3,8-14H2,1-2H3,(H,21,25)/t15-/m0/s1. The average molecular weight is 382 g/mol. The number of amides is 2. The van der Waals surface area contributed by atoms with E-state index in [4.69, 9.17) is 16.3 Å². The molecule has 1 atom stereocenters. The number of hydrogen-bond acceptors (Lipinski definition) is 4. The number of morpholine rings is 1. The van der Waals surface area contributed by atoms with Gasteiger partial charge in [-0.2, -0.15) is 0 Å². The number of halogens is 1. The summed E-state index contributed by atoms with van der Waals surface area (Å²) in [5, 5.41) is 3.60. The summed E-state index contributed by atoms with van der Waals surface area (Å²) in [4.78, 5) is 28.7. The monoisotopic (exact) mass is 381 g/mol. The maximum absolute atomic E-state index is 12.5. The molecule has 2 amide bonds. The first-order valence-electron chi connectivity index (χ1n) is 9.13. The minimum Gasteiger partial charge on any atom is -0.379 e. The van der Waals surface area contributed by atoms with Gasteiger partial charge in [0.05, 0.1) is 13.2 Å². The van der Waals surface area contributed by atoms with Gasteiger partial charge in [-0.15, -0.1) is 0 Å². The minimum absolute atomic E-state index is 0.0456. The van der Waals surface area contributed by atoms with Gasteiger partial charge in [-0.05, 0) is 24.6 Å². The molecule has 1 aromatic rings. The first-order chi connectivity index (χ1) is 12.5. The van der Waals surface area contributed by atoms with Crippen molar-refractivity contribution < 1.29 is 14.3 Å². The predicted octanol–water partition coefficient (Wildman–Crippen LogP) is 1.92. The van der Waals surface area contributed by atoms with E-state index in [2.05, 4.69) is 10.2 Å². The summed E-state index contributed by atoms with van der Waals surface area (Å²) in [7, 11) is 0. The van der Waals surface area contributed by atoms with Gasteiger partial charge in [0, 0.05) is 44.2 Å². The van der Waals surface area contributed by atoms with Crippen molar-refractivity contribution in [2.45, 2.75) is 32.9 Å². The second kappa shape index (κ2) is 10.5. The number of nitrogens with one attached hydrogen (secondary N) is 1.